The summed E-state index contributed by atoms with van der Waals surface area (Å²) in [5.74, 6) is -0.0380. The van der Waals surface area contributed by atoms with Crippen molar-refractivity contribution in [3.63, 3.8) is 0 Å². The summed E-state index contributed by atoms with van der Waals surface area (Å²) in [6.45, 7) is 1.40. The molecule has 3 rings (SSSR count). The number of amides is 2. The molecule has 10 heteroatoms. The van der Waals surface area contributed by atoms with Crippen LogP contribution < -0.4 is 14.4 Å². The van der Waals surface area contributed by atoms with Crippen LogP contribution in [0.3, 0.4) is 0 Å². The van der Waals surface area contributed by atoms with Crippen LogP contribution in [0.4, 0.5) is 5.69 Å². The maximum atomic E-state index is 13.6. The molecule has 1 aliphatic carbocycles. The van der Waals surface area contributed by atoms with Crippen molar-refractivity contribution in [1.82, 2.24) is 10.2 Å². The fourth-order valence-corrected chi connectivity index (χ4v) is 5.38. The molecule has 2 aromatic carbocycles. The maximum Gasteiger partial charge on any atom is 0.244 e. The fraction of sp³-hybridized carbons (Fsp3) is 0.440. The molecule has 1 aliphatic rings. The maximum absolute atomic E-state index is 13.6. The summed E-state index contributed by atoms with van der Waals surface area (Å²) in [6, 6.07) is 13.3. The topological polar surface area (TPSA) is 96.0 Å². The standard InChI is InChI=1S/C25H32BrN3O5S/c1-18(25(31)27-21-8-4-5-9-21)28(16-19-11-13-23(34-2)14-12-19)24(30)17-29(35(3,32)33)22-10-6-7-20(26)15-22/h6-7,10-15,18,21H,4-5,8-9,16-17H2,1-3H3,(H,27,31). The molecule has 1 N–H and O–H groups in total. The molecule has 1 saturated carbocycles. The largest absolute Gasteiger partial charge is 0.497 e. The van der Waals surface area contributed by atoms with Gasteiger partial charge in [0, 0.05) is 17.1 Å². The van der Waals surface area contributed by atoms with Crippen molar-refractivity contribution in [1.29, 1.82) is 0 Å². The molecule has 2 amide bonds. The number of carbonyl (C=O) groups excluding carboxylic acids is 2. The van der Waals surface area contributed by atoms with Gasteiger partial charge in [-0.1, -0.05) is 47.0 Å². The molecular weight excluding hydrogens is 534 g/mol. The Morgan fingerprint density at radius 2 is 1.80 bits per heavy atom. The van der Waals surface area contributed by atoms with Crippen molar-refractivity contribution in [3.8, 4) is 5.75 Å². The highest BCUT2D eigenvalue weighted by molar-refractivity contribution is 9.10. The van der Waals surface area contributed by atoms with Crippen LogP contribution in [0.1, 0.15) is 38.2 Å². The van der Waals surface area contributed by atoms with E-state index < -0.39 is 28.5 Å². The van der Waals surface area contributed by atoms with Crippen LogP contribution in [-0.4, -0.2) is 57.1 Å². The van der Waals surface area contributed by atoms with Gasteiger partial charge in [0.15, 0.2) is 0 Å². The van der Waals surface area contributed by atoms with E-state index in [0.29, 0.717) is 15.9 Å². The van der Waals surface area contributed by atoms with E-state index in [9.17, 15) is 18.0 Å². The number of rotatable bonds is 10. The van der Waals surface area contributed by atoms with E-state index in [4.69, 9.17) is 4.74 Å². The second-order valence-electron chi connectivity index (χ2n) is 8.79. The molecule has 8 nitrogen and oxygen atoms in total. The molecule has 1 fully saturated rings. The number of hydrogen-bond acceptors (Lipinski definition) is 5. The first-order chi connectivity index (χ1) is 16.6. The lowest BCUT2D eigenvalue weighted by atomic mass is 10.1. The number of carbonyl (C=O) groups is 2. The first-order valence-electron chi connectivity index (χ1n) is 11.5. The van der Waals surface area contributed by atoms with Gasteiger partial charge in [0.25, 0.3) is 0 Å². The first-order valence-corrected chi connectivity index (χ1v) is 14.2. The van der Waals surface area contributed by atoms with Gasteiger partial charge in [-0.15, -0.1) is 0 Å². The van der Waals surface area contributed by atoms with Gasteiger partial charge in [-0.3, -0.25) is 13.9 Å². The molecule has 190 valence electrons. The van der Waals surface area contributed by atoms with E-state index in [2.05, 4.69) is 21.2 Å². The Balaban J connectivity index is 1.87. The highest BCUT2D eigenvalue weighted by atomic mass is 79.9. The summed E-state index contributed by atoms with van der Waals surface area (Å²) in [6.07, 6.45) is 5.06. The third-order valence-corrected chi connectivity index (χ3v) is 7.79. The predicted octanol–water partition coefficient (Wildman–Crippen LogP) is 3.70. The Hall–Kier alpha value is -2.59. The number of ether oxygens (including phenoxy) is 1. The van der Waals surface area contributed by atoms with E-state index in [-0.39, 0.29) is 18.5 Å². The van der Waals surface area contributed by atoms with E-state index in [1.54, 1.807) is 50.4 Å². The quantitative estimate of drug-likeness (QED) is 0.473. The number of hydrogen-bond donors (Lipinski definition) is 1. The van der Waals surface area contributed by atoms with Crippen molar-refractivity contribution in [2.24, 2.45) is 0 Å². The zero-order valence-corrected chi connectivity index (χ0v) is 22.6. The van der Waals surface area contributed by atoms with Gasteiger partial charge in [-0.05, 0) is 55.7 Å². The zero-order chi connectivity index (χ0) is 25.6. The monoisotopic (exact) mass is 565 g/mol. The van der Waals surface area contributed by atoms with Crippen molar-refractivity contribution in [2.75, 3.05) is 24.2 Å². The molecule has 0 radical (unpaired) electrons. The lowest BCUT2D eigenvalue weighted by Gasteiger charge is -2.32. The lowest BCUT2D eigenvalue weighted by molar-refractivity contribution is -0.139. The minimum atomic E-state index is -3.76. The van der Waals surface area contributed by atoms with Gasteiger partial charge in [-0.2, -0.15) is 0 Å². The number of methoxy groups -OCH3 is 1. The van der Waals surface area contributed by atoms with Crippen LogP contribution in [-0.2, 0) is 26.2 Å². The normalized spacial score (nSPS) is 14.9. The third-order valence-electron chi connectivity index (χ3n) is 6.16. The van der Waals surface area contributed by atoms with Crippen LogP contribution in [0.25, 0.3) is 0 Å². The average molecular weight is 567 g/mol. The van der Waals surface area contributed by atoms with Crippen molar-refractivity contribution in [2.45, 2.75) is 51.2 Å². The number of sulfonamides is 1. The van der Waals surface area contributed by atoms with Crippen LogP contribution in [0.15, 0.2) is 53.0 Å². The number of anilines is 1. The minimum Gasteiger partial charge on any atom is -0.497 e. The molecule has 0 heterocycles. The summed E-state index contributed by atoms with van der Waals surface area (Å²) in [4.78, 5) is 28.1. The number of nitrogens with zero attached hydrogens (tertiary/aromatic N) is 2. The van der Waals surface area contributed by atoms with Gasteiger partial charge in [0.1, 0.15) is 18.3 Å². The van der Waals surface area contributed by atoms with E-state index in [1.165, 1.54) is 4.90 Å². The minimum absolute atomic E-state index is 0.108. The summed E-state index contributed by atoms with van der Waals surface area (Å²) in [7, 11) is -2.19. The molecule has 0 spiro atoms. The fourth-order valence-electron chi connectivity index (χ4n) is 4.15. The van der Waals surface area contributed by atoms with Gasteiger partial charge in [0.05, 0.1) is 19.1 Å². The Kier molecular flexibility index (Phi) is 9.18. The highest BCUT2D eigenvalue weighted by Gasteiger charge is 2.31. The molecule has 2 aromatic rings. The van der Waals surface area contributed by atoms with Gasteiger partial charge in [-0.25, -0.2) is 8.42 Å². The van der Waals surface area contributed by atoms with Gasteiger partial charge in [0.2, 0.25) is 21.8 Å². The van der Waals surface area contributed by atoms with Crippen molar-refractivity contribution in [3.05, 3.63) is 58.6 Å². The van der Waals surface area contributed by atoms with Gasteiger partial charge < -0.3 is 15.0 Å². The van der Waals surface area contributed by atoms with E-state index >= 15 is 0 Å². The second-order valence-corrected chi connectivity index (χ2v) is 11.6. The first kappa shape index (κ1) is 27.0. The van der Waals surface area contributed by atoms with Crippen LogP contribution in [0.5, 0.6) is 5.75 Å². The second kappa shape index (κ2) is 11.9. The Morgan fingerprint density at radius 3 is 2.37 bits per heavy atom. The molecule has 1 atom stereocenters. The van der Waals surface area contributed by atoms with Gasteiger partial charge >= 0.3 is 0 Å². The molecule has 1 unspecified atom stereocenters. The Labute approximate surface area is 215 Å². The van der Waals surface area contributed by atoms with Crippen molar-refractivity contribution >= 4 is 43.5 Å². The van der Waals surface area contributed by atoms with Crippen LogP contribution >= 0.6 is 15.9 Å². The van der Waals surface area contributed by atoms with Crippen molar-refractivity contribution < 1.29 is 22.7 Å². The average Bonchev–Trinajstić information content (AvgIpc) is 3.33. The third kappa shape index (κ3) is 7.44. The van der Waals surface area contributed by atoms with Crippen LogP contribution in [0.2, 0.25) is 0 Å². The molecule has 0 saturated heterocycles. The Bertz CT molecular complexity index is 1130. The summed E-state index contributed by atoms with van der Waals surface area (Å²) in [5, 5.41) is 3.05. The SMILES string of the molecule is COc1ccc(CN(C(=O)CN(c2cccc(Br)c2)S(C)(=O)=O)C(C)C(=O)NC2CCCC2)cc1. The smallest absolute Gasteiger partial charge is 0.244 e. The molecular formula is C25H32BrN3O5S. The molecule has 0 aromatic heterocycles. The molecule has 0 bridgehead atoms. The summed E-state index contributed by atoms with van der Waals surface area (Å²) < 4.78 is 32.2. The Morgan fingerprint density at radius 1 is 1.14 bits per heavy atom. The zero-order valence-electron chi connectivity index (χ0n) is 20.2. The number of nitrogens with one attached hydrogen (secondary N) is 1. The lowest BCUT2D eigenvalue weighted by Crippen LogP contribution is -2.52. The number of halogens is 1. The number of benzene rings is 2. The highest BCUT2D eigenvalue weighted by Crippen LogP contribution is 2.23. The van der Waals surface area contributed by atoms with Crippen LogP contribution in [0, 0.1) is 0 Å². The molecule has 0 aliphatic heterocycles. The van der Waals surface area contributed by atoms with E-state index in [1.807, 2.05) is 12.1 Å². The summed E-state index contributed by atoms with van der Waals surface area (Å²) >= 11 is 3.35. The van der Waals surface area contributed by atoms with E-state index in [0.717, 1.165) is 41.8 Å². The predicted molar refractivity (Wildman–Crippen MR) is 140 cm³/mol. The molecule has 35 heavy (non-hydrogen) atoms. The summed E-state index contributed by atoms with van der Waals surface area (Å²) in [5.41, 5.74) is 1.16.